The van der Waals surface area contributed by atoms with E-state index in [1.807, 2.05) is 13.8 Å². The first kappa shape index (κ1) is 17.0. The molecule has 0 spiro atoms. The van der Waals surface area contributed by atoms with Gasteiger partial charge in [0.15, 0.2) is 0 Å². The van der Waals surface area contributed by atoms with Crippen LogP contribution in [0.2, 0.25) is 0 Å². The Bertz CT molecular complexity index is 296. The molecule has 0 saturated heterocycles. The molecule has 104 valence electrons. The third-order valence-electron chi connectivity index (χ3n) is 3.46. The molecular formula is C17H31N. The molecule has 2 atom stereocenters. The number of hydrogen-bond donors (Lipinski definition) is 0. The van der Waals surface area contributed by atoms with Crippen LogP contribution in [0.3, 0.4) is 0 Å². The van der Waals surface area contributed by atoms with Gasteiger partial charge in [0.1, 0.15) is 0 Å². The van der Waals surface area contributed by atoms with Gasteiger partial charge < -0.3 is 4.90 Å². The summed E-state index contributed by atoms with van der Waals surface area (Å²) in [4.78, 5) is 2.22. The van der Waals surface area contributed by atoms with Crippen molar-refractivity contribution in [2.45, 2.75) is 48.0 Å². The summed E-state index contributed by atoms with van der Waals surface area (Å²) in [5.74, 6) is 2.10. The van der Waals surface area contributed by atoms with Gasteiger partial charge in [-0.1, -0.05) is 45.4 Å². The minimum atomic E-state index is 1.05. The van der Waals surface area contributed by atoms with Crippen LogP contribution >= 0.6 is 0 Å². The first-order valence-electron chi connectivity index (χ1n) is 7.32. The molecule has 1 saturated carbocycles. The summed E-state index contributed by atoms with van der Waals surface area (Å²) in [5, 5.41) is 0. The van der Waals surface area contributed by atoms with Crippen LogP contribution in [0.4, 0.5) is 5.69 Å². The molecular weight excluding hydrogens is 218 g/mol. The zero-order chi connectivity index (χ0) is 14.1. The molecule has 1 heteroatoms. The normalized spacial score (nSPS) is 19.9. The van der Waals surface area contributed by atoms with Crippen LogP contribution in [0, 0.1) is 18.8 Å². The summed E-state index contributed by atoms with van der Waals surface area (Å²) in [6.45, 7) is 13.9. The molecule has 2 rings (SSSR count). The monoisotopic (exact) mass is 249 g/mol. The Morgan fingerprint density at radius 2 is 1.44 bits per heavy atom. The van der Waals surface area contributed by atoms with Crippen LogP contribution in [0.5, 0.6) is 0 Å². The highest BCUT2D eigenvalue weighted by molar-refractivity contribution is 5.46. The molecule has 0 N–H and O–H groups in total. The minimum Gasteiger partial charge on any atom is -0.375 e. The van der Waals surface area contributed by atoms with E-state index < -0.39 is 0 Å². The van der Waals surface area contributed by atoms with Crippen molar-refractivity contribution in [3.63, 3.8) is 0 Å². The molecule has 1 aliphatic rings. The fourth-order valence-electron chi connectivity index (χ4n) is 1.49. The Morgan fingerprint density at radius 3 is 1.72 bits per heavy atom. The number of hydrogen-bond acceptors (Lipinski definition) is 1. The van der Waals surface area contributed by atoms with Gasteiger partial charge in [0.2, 0.25) is 0 Å². The molecule has 0 radical (unpaired) electrons. The van der Waals surface area contributed by atoms with Crippen molar-refractivity contribution in [3.8, 4) is 0 Å². The molecule has 1 aromatic carbocycles. The largest absolute Gasteiger partial charge is 0.375 e. The van der Waals surface area contributed by atoms with E-state index in [4.69, 9.17) is 0 Å². The summed E-state index contributed by atoms with van der Waals surface area (Å²) in [6, 6.07) is 8.58. The van der Waals surface area contributed by atoms with Gasteiger partial charge in [0, 0.05) is 19.3 Å². The summed E-state index contributed by atoms with van der Waals surface area (Å²) < 4.78 is 0. The lowest BCUT2D eigenvalue weighted by Crippen LogP contribution is -2.15. The van der Waals surface area contributed by atoms with Gasteiger partial charge in [0.25, 0.3) is 0 Å². The number of anilines is 1. The van der Waals surface area contributed by atoms with Crippen molar-refractivity contribution in [2.75, 3.05) is 18.5 Å². The Hall–Kier alpha value is -0.980. The fraction of sp³-hybridized carbons (Fsp3) is 0.647. The maximum Gasteiger partial charge on any atom is 0.0363 e. The van der Waals surface area contributed by atoms with Gasteiger partial charge in [-0.2, -0.15) is 0 Å². The third-order valence-corrected chi connectivity index (χ3v) is 3.46. The Balaban J connectivity index is 0.000000343. The highest BCUT2D eigenvalue weighted by Crippen LogP contribution is 2.36. The van der Waals surface area contributed by atoms with Crippen LogP contribution in [0.1, 0.15) is 46.6 Å². The molecule has 1 aromatic rings. The van der Waals surface area contributed by atoms with Gasteiger partial charge in [-0.15, -0.1) is 0 Å². The second-order valence-corrected chi connectivity index (χ2v) is 5.04. The molecule has 18 heavy (non-hydrogen) atoms. The molecule has 1 fully saturated rings. The van der Waals surface area contributed by atoms with Crippen LogP contribution in [-0.4, -0.2) is 13.6 Å². The van der Waals surface area contributed by atoms with E-state index in [1.165, 1.54) is 17.7 Å². The summed E-state index contributed by atoms with van der Waals surface area (Å²) in [6.07, 6.45) is 1.47. The van der Waals surface area contributed by atoms with E-state index in [0.29, 0.717) is 0 Å². The Labute approximate surface area is 114 Å². The maximum absolute atomic E-state index is 2.30. The quantitative estimate of drug-likeness (QED) is 0.701. The van der Waals surface area contributed by atoms with Gasteiger partial charge in [0.05, 0.1) is 0 Å². The Kier molecular flexibility index (Phi) is 8.53. The van der Waals surface area contributed by atoms with Crippen molar-refractivity contribution in [2.24, 2.45) is 11.8 Å². The summed E-state index contributed by atoms with van der Waals surface area (Å²) >= 11 is 0. The third kappa shape index (κ3) is 6.68. The van der Waals surface area contributed by atoms with E-state index in [1.54, 1.807) is 0 Å². The van der Waals surface area contributed by atoms with E-state index in [-0.39, 0.29) is 0 Å². The zero-order valence-electron chi connectivity index (χ0n) is 13.3. The van der Waals surface area contributed by atoms with E-state index in [0.717, 1.165) is 18.4 Å². The average Bonchev–Trinajstić information content (AvgIpc) is 3.05. The standard InChI is InChI=1S/C10H15N.C5H10.C2H6/c1-4-11(3)10-7-5-9(2)6-8-10;1-4-3-5(4)2;1-2/h5-8H,4H2,1-3H3;4-5H,3H2,1-2H3;1-2H3. The van der Waals surface area contributed by atoms with Crippen molar-refractivity contribution in [1.29, 1.82) is 0 Å². The first-order valence-corrected chi connectivity index (χ1v) is 7.32. The minimum absolute atomic E-state index is 1.05. The molecule has 2 unspecified atom stereocenters. The average molecular weight is 249 g/mol. The van der Waals surface area contributed by atoms with E-state index in [2.05, 4.69) is 63.9 Å². The predicted octanol–water partition coefficient (Wildman–Crippen LogP) is 5.14. The van der Waals surface area contributed by atoms with Gasteiger partial charge in [-0.3, -0.25) is 0 Å². The van der Waals surface area contributed by atoms with Gasteiger partial charge in [-0.25, -0.2) is 0 Å². The highest BCUT2D eigenvalue weighted by atomic mass is 15.1. The summed E-state index contributed by atoms with van der Waals surface area (Å²) in [5.41, 5.74) is 2.61. The molecule has 0 aliphatic heterocycles. The molecule has 1 nitrogen and oxygen atoms in total. The van der Waals surface area contributed by atoms with Crippen LogP contribution < -0.4 is 4.90 Å². The van der Waals surface area contributed by atoms with Crippen LogP contribution in [-0.2, 0) is 0 Å². The first-order chi connectivity index (χ1) is 8.54. The van der Waals surface area contributed by atoms with Gasteiger partial charge >= 0.3 is 0 Å². The summed E-state index contributed by atoms with van der Waals surface area (Å²) in [7, 11) is 2.10. The number of aryl methyl sites for hydroxylation is 1. The van der Waals surface area contributed by atoms with Crippen molar-refractivity contribution in [3.05, 3.63) is 29.8 Å². The maximum atomic E-state index is 2.30. The topological polar surface area (TPSA) is 3.24 Å². The molecule has 0 bridgehead atoms. The fourth-order valence-corrected chi connectivity index (χ4v) is 1.49. The zero-order valence-corrected chi connectivity index (χ0v) is 13.3. The SMILES string of the molecule is CC.CC1CC1C.CCN(C)c1ccc(C)cc1. The van der Waals surface area contributed by atoms with Gasteiger partial charge in [-0.05, 0) is 44.2 Å². The van der Waals surface area contributed by atoms with Crippen LogP contribution in [0.25, 0.3) is 0 Å². The van der Waals surface area contributed by atoms with Crippen molar-refractivity contribution < 1.29 is 0 Å². The second kappa shape index (κ2) is 9.02. The number of benzene rings is 1. The van der Waals surface area contributed by atoms with Crippen molar-refractivity contribution >= 4 is 5.69 Å². The lowest BCUT2D eigenvalue weighted by atomic mass is 10.2. The van der Waals surface area contributed by atoms with E-state index >= 15 is 0 Å². The smallest absolute Gasteiger partial charge is 0.0363 e. The lowest BCUT2D eigenvalue weighted by Gasteiger charge is -2.16. The number of rotatable bonds is 2. The number of nitrogens with zero attached hydrogens (tertiary/aromatic N) is 1. The second-order valence-electron chi connectivity index (χ2n) is 5.04. The highest BCUT2D eigenvalue weighted by Gasteiger charge is 2.26. The molecule has 0 amide bonds. The molecule has 1 aliphatic carbocycles. The predicted molar refractivity (Wildman–Crippen MR) is 84.4 cm³/mol. The Morgan fingerprint density at radius 1 is 1.06 bits per heavy atom. The van der Waals surface area contributed by atoms with E-state index in [9.17, 15) is 0 Å². The lowest BCUT2D eigenvalue weighted by molar-refractivity contribution is 0.834. The van der Waals surface area contributed by atoms with Crippen molar-refractivity contribution in [1.82, 2.24) is 0 Å². The molecule has 0 heterocycles. The van der Waals surface area contributed by atoms with Crippen LogP contribution in [0.15, 0.2) is 24.3 Å². The molecule has 0 aromatic heterocycles.